The summed E-state index contributed by atoms with van der Waals surface area (Å²) in [6.45, 7) is 3.90. The summed E-state index contributed by atoms with van der Waals surface area (Å²) >= 11 is 8.00. The number of likely N-dealkylation sites (tertiary alicyclic amines) is 1. The van der Waals surface area contributed by atoms with Gasteiger partial charge in [0, 0.05) is 23.3 Å². The van der Waals surface area contributed by atoms with Crippen LogP contribution in [0.2, 0.25) is 5.02 Å². The Kier molecular flexibility index (Phi) is 5.23. The molecule has 5 heteroatoms. The summed E-state index contributed by atoms with van der Waals surface area (Å²) in [6.07, 6.45) is 1.66. The highest BCUT2D eigenvalue weighted by atomic mass is 35.5. The predicted octanol–water partition coefficient (Wildman–Crippen LogP) is 5.23. The Morgan fingerprint density at radius 3 is 2.61 bits per heavy atom. The predicted molar refractivity (Wildman–Crippen MR) is 94.2 cm³/mol. The Labute approximate surface area is 145 Å². The number of thiophene rings is 1. The molecule has 3 rings (SSSR count). The molecule has 122 valence electrons. The minimum atomic E-state index is -0.222. The van der Waals surface area contributed by atoms with E-state index in [1.165, 1.54) is 10.4 Å². The molecule has 0 N–H and O–H groups in total. The first-order chi connectivity index (χ1) is 11.1. The maximum absolute atomic E-state index is 12.2. The van der Waals surface area contributed by atoms with E-state index in [0.29, 0.717) is 12.5 Å². The summed E-state index contributed by atoms with van der Waals surface area (Å²) in [4.78, 5) is 15.3. The zero-order valence-corrected chi connectivity index (χ0v) is 14.7. The molecule has 2 aromatic rings. The van der Waals surface area contributed by atoms with Crippen molar-refractivity contribution in [3.63, 3.8) is 0 Å². The lowest BCUT2D eigenvalue weighted by Crippen LogP contribution is -2.38. The summed E-state index contributed by atoms with van der Waals surface area (Å²) in [7, 11) is 0. The molecule has 0 bridgehead atoms. The van der Waals surface area contributed by atoms with Gasteiger partial charge >= 0.3 is 6.09 Å². The van der Waals surface area contributed by atoms with Crippen LogP contribution in [0.25, 0.3) is 0 Å². The number of carbonyl (C=O) groups excluding carboxylic acids is 1. The molecule has 1 amide bonds. The van der Waals surface area contributed by atoms with Crippen LogP contribution in [0.1, 0.15) is 34.8 Å². The zero-order chi connectivity index (χ0) is 16.2. The maximum Gasteiger partial charge on any atom is 0.410 e. The Morgan fingerprint density at radius 2 is 2.00 bits per heavy atom. The third kappa shape index (κ3) is 3.88. The van der Waals surface area contributed by atoms with E-state index in [1.54, 1.807) is 16.2 Å². The molecule has 0 aliphatic carbocycles. The largest absolute Gasteiger partial charge is 0.445 e. The van der Waals surface area contributed by atoms with Gasteiger partial charge in [0.15, 0.2) is 0 Å². The Bertz CT molecular complexity index is 643. The number of benzene rings is 1. The first kappa shape index (κ1) is 16.3. The SMILES string of the molecule is Cc1scc(Cl)c1C1CCN(C(=O)OCc2ccccc2)CC1. The van der Waals surface area contributed by atoms with Crippen molar-refractivity contribution in [2.75, 3.05) is 13.1 Å². The van der Waals surface area contributed by atoms with Crippen LogP contribution >= 0.6 is 22.9 Å². The van der Waals surface area contributed by atoms with Crippen molar-refractivity contribution in [3.05, 3.63) is 56.7 Å². The highest BCUT2D eigenvalue weighted by Gasteiger charge is 2.27. The van der Waals surface area contributed by atoms with Crippen molar-refractivity contribution >= 4 is 29.0 Å². The summed E-state index contributed by atoms with van der Waals surface area (Å²) in [5, 5.41) is 2.88. The van der Waals surface area contributed by atoms with E-state index in [2.05, 4.69) is 6.92 Å². The van der Waals surface area contributed by atoms with Crippen LogP contribution < -0.4 is 0 Å². The average Bonchev–Trinajstić information content (AvgIpc) is 2.92. The quantitative estimate of drug-likeness (QED) is 0.759. The molecule has 0 saturated carbocycles. The number of piperidine rings is 1. The van der Waals surface area contributed by atoms with Crippen molar-refractivity contribution in [2.24, 2.45) is 0 Å². The molecule has 1 aromatic carbocycles. The number of amides is 1. The van der Waals surface area contributed by atoms with E-state index >= 15 is 0 Å². The lowest BCUT2D eigenvalue weighted by atomic mass is 9.90. The van der Waals surface area contributed by atoms with Gasteiger partial charge in [0.1, 0.15) is 6.61 Å². The van der Waals surface area contributed by atoms with Gasteiger partial charge in [-0.2, -0.15) is 0 Å². The second-order valence-electron chi connectivity index (χ2n) is 5.86. The second kappa shape index (κ2) is 7.37. The number of halogens is 1. The van der Waals surface area contributed by atoms with Crippen molar-refractivity contribution in [3.8, 4) is 0 Å². The summed E-state index contributed by atoms with van der Waals surface area (Å²) in [5.74, 6) is 0.451. The van der Waals surface area contributed by atoms with E-state index < -0.39 is 0 Å². The molecule has 1 aliphatic rings. The maximum atomic E-state index is 12.2. The van der Waals surface area contributed by atoms with Gasteiger partial charge in [-0.1, -0.05) is 41.9 Å². The normalized spacial score (nSPS) is 15.7. The Hall–Kier alpha value is -1.52. The Morgan fingerprint density at radius 1 is 1.30 bits per heavy atom. The first-order valence-electron chi connectivity index (χ1n) is 7.84. The molecule has 0 radical (unpaired) electrons. The molecule has 1 aromatic heterocycles. The minimum Gasteiger partial charge on any atom is -0.445 e. The van der Waals surface area contributed by atoms with E-state index in [9.17, 15) is 4.79 Å². The highest BCUT2D eigenvalue weighted by Crippen LogP contribution is 2.38. The molecule has 3 nitrogen and oxygen atoms in total. The molecule has 0 spiro atoms. The van der Waals surface area contributed by atoms with Crippen LogP contribution in [0.5, 0.6) is 0 Å². The molecule has 23 heavy (non-hydrogen) atoms. The number of hydrogen-bond donors (Lipinski definition) is 0. The van der Waals surface area contributed by atoms with Gasteiger partial charge < -0.3 is 9.64 Å². The average molecular weight is 350 g/mol. The van der Waals surface area contributed by atoms with Gasteiger partial charge in [0.25, 0.3) is 0 Å². The minimum absolute atomic E-state index is 0.222. The van der Waals surface area contributed by atoms with Gasteiger partial charge in [-0.15, -0.1) is 11.3 Å². The van der Waals surface area contributed by atoms with E-state index in [1.807, 2.05) is 35.7 Å². The van der Waals surface area contributed by atoms with Crippen molar-refractivity contribution in [1.82, 2.24) is 4.90 Å². The number of nitrogens with zero attached hydrogens (tertiary/aromatic N) is 1. The van der Waals surface area contributed by atoms with Crippen LogP contribution in [-0.4, -0.2) is 24.1 Å². The fraction of sp³-hybridized carbons (Fsp3) is 0.389. The van der Waals surface area contributed by atoms with Crippen molar-refractivity contribution in [2.45, 2.75) is 32.3 Å². The topological polar surface area (TPSA) is 29.5 Å². The van der Waals surface area contributed by atoms with Crippen molar-refractivity contribution < 1.29 is 9.53 Å². The monoisotopic (exact) mass is 349 g/mol. The van der Waals surface area contributed by atoms with Crippen LogP contribution in [-0.2, 0) is 11.3 Å². The van der Waals surface area contributed by atoms with Crippen LogP contribution in [0.15, 0.2) is 35.7 Å². The van der Waals surface area contributed by atoms with Gasteiger partial charge in [-0.25, -0.2) is 4.79 Å². The molecule has 1 saturated heterocycles. The fourth-order valence-electron chi connectivity index (χ4n) is 3.08. The van der Waals surface area contributed by atoms with Crippen LogP contribution in [0.4, 0.5) is 4.79 Å². The lowest BCUT2D eigenvalue weighted by molar-refractivity contribution is 0.0870. The van der Waals surface area contributed by atoms with Crippen molar-refractivity contribution in [1.29, 1.82) is 0 Å². The number of ether oxygens (including phenoxy) is 1. The summed E-state index contributed by atoms with van der Waals surface area (Å²) in [6, 6.07) is 9.76. The molecule has 0 atom stereocenters. The molecule has 1 fully saturated rings. The number of hydrogen-bond acceptors (Lipinski definition) is 3. The van der Waals surface area contributed by atoms with Gasteiger partial charge in [-0.05, 0) is 36.8 Å². The third-order valence-electron chi connectivity index (χ3n) is 4.34. The Balaban J connectivity index is 1.51. The fourth-order valence-corrected chi connectivity index (χ4v) is 4.38. The van der Waals surface area contributed by atoms with Gasteiger partial charge in [0.2, 0.25) is 0 Å². The van der Waals surface area contributed by atoms with E-state index in [-0.39, 0.29) is 6.09 Å². The molecule has 2 heterocycles. The first-order valence-corrected chi connectivity index (χ1v) is 9.10. The zero-order valence-electron chi connectivity index (χ0n) is 13.1. The van der Waals surface area contributed by atoms with E-state index in [4.69, 9.17) is 16.3 Å². The van der Waals surface area contributed by atoms with Crippen LogP contribution in [0, 0.1) is 6.92 Å². The summed E-state index contributed by atoms with van der Waals surface area (Å²) in [5.41, 5.74) is 2.28. The molecule has 1 aliphatic heterocycles. The molecular weight excluding hydrogens is 330 g/mol. The number of aryl methyl sites for hydroxylation is 1. The third-order valence-corrected chi connectivity index (χ3v) is 5.71. The number of rotatable bonds is 3. The summed E-state index contributed by atoms with van der Waals surface area (Å²) < 4.78 is 5.40. The highest BCUT2D eigenvalue weighted by molar-refractivity contribution is 7.10. The van der Waals surface area contributed by atoms with Gasteiger partial charge in [-0.3, -0.25) is 0 Å². The molecular formula is C18H20ClNO2S. The lowest BCUT2D eigenvalue weighted by Gasteiger charge is -2.31. The van der Waals surface area contributed by atoms with Crippen LogP contribution in [0.3, 0.4) is 0 Å². The number of carbonyl (C=O) groups is 1. The smallest absolute Gasteiger partial charge is 0.410 e. The molecule has 0 unspecified atom stereocenters. The second-order valence-corrected chi connectivity index (χ2v) is 7.35. The van der Waals surface area contributed by atoms with E-state index in [0.717, 1.165) is 36.5 Å². The standard InChI is InChI=1S/C18H20ClNO2S/c1-13-17(16(19)12-23-13)15-7-9-20(10-8-15)18(21)22-11-14-5-3-2-4-6-14/h2-6,12,15H,7-11H2,1H3. The van der Waals surface area contributed by atoms with Gasteiger partial charge in [0.05, 0.1) is 5.02 Å².